The quantitative estimate of drug-likeness (QED) is 0.926. The maximum absolute atomic E-state index is 12.2. The summed E-state index contributed by atoms with van der Waals surface area (Å²) in [6, 6.07) is 5.65. The molecular formula is C13H15BrClNO. The highest BCUT2D eigenvalue weighted by Crippen LogP contribution is 2.26. The average molecular weight is 317 g/mol. The van der Waals surface area contributed by atoms with Crippen molar-refractivity contribution in [3.63, 3.8) is 0 Å². The van der Waals surface area contributed by atoms with Crippen molar-refractivity contribution >= 4 is 33.3 Å². The molecule has 2 nitrogen and oxygen atoms in total. The van der Waals surface area contributed by atoms with Gasteiger partial charge in [-0.15, -0.1) is 0 Å². The summed E-state index contributed by atoms with van der Waals surface area (Å²) in [4.78, 5) is 12.2. The first kappa shape index (κ1) is 13.1. The van der Waals surface area contributed by atoms with Crippen LogP contribution in [0.2, 0.25) is 5.02 Å². The number of hydrogen-bond acceptors (Lipinski definition) is 2. The number of benzene rings is 1. The summed E-state index contributed by atoms with van der Waals surface area (Å²) in [7, 11) is 0. The fraction of sp³-hybridized carbons (Fsp3) is 0.462. The van der Waals surface area contributed by atoms with E-state index in [1.54, 1.807) is 0 Å². The lowest BCUT2D eigenvalue weighted by molar-refractivity contribution is -0.123. The maximum atomic E-state index is 12.2. The van der Waals surface area contributed by atoms with E-state index in [1.165, 1.54) is 0 Å². The molecular weight excluding hydrogens is 302 g/mol. The Morgan fingerprint density at radius 3 is 2.94 bits per heavy atom. The van der Waals surface area contributed by atoms with E-state index in [9.17, 15) is 4.79 Å². The van der Waals surface area contributed by atoms with Gasteiger partial charge in [0.25, 0.3) is 0 Å². The third-order valence-corrected chi connectivity index (χ3v) is 4.20. The molecule has 0 aliphatic carbocycles. The molecule has 1 aliphatic rings. The standard InChI is InChI=1S/C13H15BrClNO/c1-13(5-2-6-16-13)12(17)7-9-3-4-10(14)8-11(9)15/h3-4,8,16H,2,5-7H2,1H3. The first-order valence-electron chi connectivity index (χ1n) is 5.73. The minimum absolute atomic E-state index is 0.222. The summed E-state index contributed by atoms with van der Waals surface area (Å²) < 4.78 is 0.934. The van der Waals surface area contributed by atoms with Crippen molar-refractivity contribution in [2.24, 2.45) is 0 Å². The first-order valence-corrected chi connectivity index (χ1v) is 6.91. The minimum atomic E-state index is -0.365. The van der Waals surface area contributed by atoms with Gasteiger partial charge in [-0.2, -0.15) is 0 Å². The molecule has 4 heteroatoms. The first-order chi connectivity index (χ1) is 8.01. The van der Waals surface area contributed by atoms with Gasteiger partial charge in [-0.3, -0.25) is 4.79 Å². The molecule has 1 heterocycles. The Bertz CT molecular complexity index is 441. The zero-order valence-electron chi connectivity index (χ0n) is 9.72. The monoisotopic (exact) mass is 315 g/mol. The molecule has 1 aromatic rings. The fourth-order valence-electron chi connectivity index (χ4n) is 2.17. The van der Waals surface area contributed by atoms with Crippen molar-refractivity contribution in [3.8, 4) is 0 Å². The molecule has 1 aromatic carbocycles. The highest BCUT2D eigenvalue weighted by molar-refractivity contribution is 9.10. The number of nitrogens with one attached hydrogen (secondary N) is 1. The maximum Gasteiger partial charge on any atom is 0.156 e. The predicted molar refractivity (Wildman–Crippen MR) is 73.5 cm³/mol. The summed E-state index contributed by atoms with van der Waals surface area (Å²) in [5, 5.41) is 3.93. The molecule has 1 atom stereocenters. The largest absolute Gasteiger partial charge is 0.305 e. The van der Waals surface area contributed by atoms with Crippen molar-refractivity contribution in [2.75, 3.05) is 6.54 Å². The Kier molecular flexibility index (Phi) is 3.91. The molecule has 0 amide bonds. The second-order valence-corrected chi connectivity index (χ2v) is 6.02. The Morgan fingerprint density at radius 1 is 1.59 bits per heavy atom. The number of halogens is 2. The van der Waals surface area contributed by atoms with Crippen LogP contribution in [0.1, 0.15) is 25.3 Å². The molecule has 1 unspecified atom stereocenters. The Morgan fingerprint density at radius 2 is 2.35 bits per heavy atom. The van der Waals surface area contributed by atoms with E-state index in [4.69, 9.17) is 11.6 Å². The van der Waals surface area contributed by atoms with Crippen molar-refractivity contribution in [1.82, 2.24) is 5.32 Å². The molecule has 1 N–H and O–H groups in total. The van der Waals surface area contributed by atoms with Gasteiger partial charge >= 0.3 is 0 Å². The summed E-state index contributed by atoms with van der Waals surface area (Å²) in [5.74, 6) is 0.222. The third kappa shape index (κ3) is 2.90. The van der Waals surface area contributed by atoms with Crippen LogP contribution in [0.15, 0.2) is 22.7 Å². The number of carbonyl (C=O) groups is 1. The topological polar surface area (TPSA) is 29.1 Å². The molecule has 0 saturated carbocycles. The van der Waals surface area contributed by atoms with Crippen LogP contribution in [0.5, 0.6) is 0 Å². The lowest BCUT2D eigenvalue weighted by Crippen LogP contribution is -2.45. The van der Waals surface area contributed by atoms with Crippen LogP contribution in [0, 0.1) is 0 Å². The zero-order chi connectivity index (χ0) is 12.5. The number of carbonyl (C=O) groups excluding carboxylic acids is 1. The lowest BCUT2D eigenvalue weighted by Gasteiger charge is -2.22. The van der Waals surface area contributed by atoms with E-state index in [0.29, 0.717) is 11.4 Å². The molecule has 0 bridgehead atoms. The summed E-state index contributed by atoms with van der Waals surface area (Å²) in [6.45, 7) is 2.91. The second kappa shape index (κ2) is 5.09. The highest BCUT2D eigenvalue weighted by Gasteiger charge is 2.35. The van der Waals surface area contributed by atoms with Gasteiger partial charge in [0.05, 0.1) is 5.54 Å². The SMILES string of the molecule is CC1(C(=O)Cc2ccc(Br)cc2Cl)CCCN1. The van der Waals surface area contributed by atoms with E-state index < -0.39 is 0 Å². The molecule has 1 saturated heterocycles. The molecule has 0 radical (unpaired) electrons. The Labute approximate surface area is 115 Å². The molecule has 92 valence electrons. The van der Waals surface area contributed by atoms with Crippen LogP contribution in [0.25, 0.3) is 0 Å². The Balaban J connectivity index is 2.13. The number of ketones is 1. The van der Waals surface area contributed by atoms with Crippen LogP contribution in [0.3, 0.4) is 0 Å². The van der Waals surface area contributed by atoms with Crippen molar-refractivity contribution in [2.45, 2.75) is 31.7 Å². The van der Waals surface area contributed by atoms with Crippen molar-refractivity contribution in [1.29, 1.82) is 0 Å². The average Bonchev–Trinajstić information content (AvgIpc) is 2.71. The number of hydrogen-bond donors (Lipinski definition) is 1. The van der Waals surface area contributed by atoms with E-state index >= 15 is 0 Å². The molecule has 0 spiro atoms. The second-order valence-electron chi connectivity index (χ2n) is 4.70. The van der Waals surface area contributed by atoms with Gasteiger partial charge in [0, 0.05) is 15.9 Å². The van der Waals surface area contributed by atoms with E-state index in [2.05, 4.69) is 21.2 Å². The molecule has 0 aromatic heterocycles. The minimum Gasteiger partial charge on any atom is -0.305 e. The van der Waals surface area contributed by atoms with Gasteiger partial charge in [-0.1, -0.05) is 33.6 Å². The van der Waals surface area contributed by atoms with Crippen LogP contribution < -0.4 is 5.32 Å². The van der Waals surface area contributed by atoms with Crippen molar-refractivity contribution < 1.29 is 4.79 Å². The van der Waals surface area contributed by atoms with Gasteiger partial charge in [0.1, 0.15) is 0 Å². The normalized spacial score (nSPS) is 23.9. The molecule has 1 fully saturated rings. The fourth-order valence-corrected chi connectivity index (χ4v) is 2.91. The van der Waals surface area contributed by atoms with Gasteiger partial charge in [-0.25, -0.2) is 0 Å². The zero-order valence-corrected chi connectivity index (χ0v) is 12.1. The van der Waals surface area contributed by atoms with Gasteiger partial charge < -0.3 is 5.32 Å². The van der Waals surface area contributed by atoms with Crippen molar-refractivity contribution in [3.05, 3.63) is 33.3 Å². The van der Waals surface area contributed by atoms with E-state index in [1.807, 2.05) is 25.1 Å². The summed E-state index contributed by atoms with van der Waals surface area (Å²) in [6.07, 6.45) is 2.38. The van der Waals surface area contributed by atoms with E-state index in [0.717, 1.165) is 29.4 Å². The van der Waals surface area contributed by atoms with Crippen LogP contribution in [0.4, 0.5) is 0 Å². The van der Waals surface area contributed by atoms with Crippen LogP contribution in [-0.2, 0) is 11.2 Å². The van der Waals surface area contributed by atoms with Crippen LogP contribution in [-0.4, -0.2) is 17.9 Å². The smallest absolute Gasteiger partial charge is 0.156 e. The Hall–Kier alpha value is -0.380. The van der Waals surface area contributed by atoms with Gasteiger partial charge in [0.15, 0.2) is 5.78 Å². The number of rotatable bonds is 3. The summed E-state index contributed by atoms with van der Waals surface area (Å²) in [5.41, 5.74) is 0.533. The summed E-state index contributed by atoms with van der Waals surface area (Å²) >= 11 is 9.48. The molecule has 1 aliphatic heterocycles. The third-order valence-electron chi connectivity index (χ3n) is 3.35. The lowest BCUT2D eigenvalue weighted by atomic mass is 9.90. The van der Waals surface area contributed by atoms with Crippen LogP contribution >= 0.6 is 27.5 Å². The van der Waals surface area contributed by atoms with E-state index in [-0.39, 0.29) is 11.3 Å². The molecule has 2 rings (SSSR count). The highest BCUT2D eigenvalue weighted by atomic mass is 79.9. The van der Waals surface area contributed by atoms with Gasteiger partial charge in [0.2, 0.25) is 0 Å². The predicted octanol–water partition coefficient (Wildman–Crippen LogP) is 3.36. The number of Topliss-reactive ketones (excluding diaryl/α,β-unsaturated/α-hetero) is 1. The van der Waals surface area contributed by atoms with Gasteiger partial charge in [-0.05, 0) is 44.0 Å². The molecule has 17 heavy (non-hydrogen) atoms.